The second-order valence-corrected chi connectivity index (χ2v) is 12.5. The minimum absolute atomic E-state index is 0.0401. The third kappa shape index (κ3) is 9.09. The summed E-state index contributed by atoms with van der Waals surface area (Å²) in [6.07, 6.45) is 8.32. The molecule has 3 rings (SSSR count). The number of nitrogens with zero attached hydrogens (tertiary/aromatic N) is 3. The monoisotopic (exact) mass is 593 g/mol. The molecule has 0 spiro atoms. The highest BCUT2D eigenvalue weighted by Gasteiger charge is 2.45. The van der Waals surface area contributed by atoms with Gasteiger partial charge in [-0.3, -0.25) is 4.79 Å². The highest BCUT2D eigenvalue weighted by molar-refractivity contribution is 6.30. The highest BCUT2D eigenvalue weighted by Crippen LogP contribution is 2.34. The first-order chi connectivity index (χ1) is 19.3. The zero-order valence-corrected chi connectivity index (χ0v) is 25.7. The fraction of sp³-hybridized carbons (Fsp3) is 0.645. The van der Waals surface area contributed by atoms with Crippen molar-refractivity contribution < 1.29 is 28.2 Å². The quantitative estimate of drug-likeness (QED) is 0.303. The maximum absolute atomic E-state index is 13.8. The average Bonchev–Trinajstić information content (AvgIpc) is 3.34. The molecular weight excluding hydrogens is 549 g/mol. The number of ether oxygens (including phenoxy) is 2. The Labute approximate surface area is 248 Å². The Morgan fingerprint density at radius 3 is 2.41 bits per heavy atom. The number of allylic oxidation sites excluding steroid dienone is 6. The van der Waals surface area contributed by atoms with Gasteiger partial charge in [0.25, 0.3) is 0 Å². The van der Waals surface area contributed by atoms with E-state index in [1.54, 1.807) is 22.0 Å². The minimum atomic E-state index is -1.08. The maximum Gasteiger partial charge on any atom is 0.415 e. The first kappa shape index (κ1) is 32.7. The molecule has 0 aromatic heterocycles. The number of carbonyl (C=O) groups excluding carboxylic acids is 3. The van der Waals surface area contributed by atoms with Gasteiger partial charge in [0.2, 0.25) is 5.91 Å². The van der Waals surface area contributed by atoms with Crippen molar-refractivity contribution in [1.29, 1.82) is 0 Å². The molecule has 3 aliphatic rings. The summed E-state index contributed by atoms with van der Waals surface area (Å²) >= 11 is 6.02. The van der Waals surface area contributed by atoms with Crippen molar-refractivity contribution in [1.82, 2.24) is 14.7 Å². The maximum atomic E-state index is 13.8. The van der Waals surface area contributed by atoms with E-state index in [2.05, 4.69) is 13.5 Å². The van der Waals surface area contributed by atoms with Crippen molar-refractivity contribution in [3.8, 4) is 0 Å². The first-order valence-electron chi connectivity index (χ1n) is 14.6. The van der Waals surface area contributed by atoms with Crippen molar-refractivity contribution in [2.24, 2.45) is 17.8 Å². The summed E-state index contributed by atoms with van der Waals surface area (Å²) in [5.74, 6) is 0.159. The van der Waals surface area contributed by atoms with Crippen LogP contribution < -0.4 is 0 Å². The third-order valence-corrected chi connectivity index (χ3v) is 8.01. The summed E-state index contributed by atoms with van der Waals surface area (Å²) in [5, 5.41) is 0.414. The smallest absolute Gasteiger partial charge is 0.415 e. The molecule has 0 N–H and O–H groups in total. The van der Waals surface area contributed by atoms with Crippen LogP contribution in [0.3, 0.4) is 0 Å². The van der Waals surface area contributed by atoms with E-state index < -0.39 is 17.9 Å². The molecule has 0 unspecified atom stereocenters. The second-order valence-electron chi connectivity index (χ2n) is 12.0. The third-order valence-electron chi connectivity index (χ3n) is 7.88. The first-order valence-corrected chi connectivity index (χ1v) is 15.0. The average molecular weight is 594 g/mol. The number of hydrogen-bond donors (Lipinski definition) is 0. The number of halogens is 2. The lowest BCUT2D eigenvalue weighted by atomic mass is 9.85. The van der Waals surface area contributed by atoms with Crippen molar-refractivity contribution >= 4 is 29.7 Å². The molecule has 10 heteroatoms. The molecular formula is C31H45ClFN3O5. The number of rotatable bonds is 8. The summed E-state index contributed by atoms with van der Waals surface area (Å²) in [6, 6.07) is -0.279. The molecule has 2 saturated heterocycles. The lowest BCUT2D eigenvalue weighted by Crippen LogP contribution is -2.47. The summed E-state index contributed by atoms with van der Waals surface area (Å²) in [4.78, 5) is 44.8. The zero-order chi connectivity index (χ0) is 30.3. The van der Waals surface area contributed by atoms with Gasteiger partial charge in [0.05, 0.1) is 6.04 Å². The SMILES string of the molecule is C=C(Cl)/C=C\[C@@H](CC)[C@@H]1CN(C(=O)C2CCN(C(=O)OC(C)(C)C)CC2)C[C@H]1N(CC)C(=O)OC1=CC[C@H](F)C=C1. The van der Waals surface area contributed by atoms with Crippen LogP contribution in [0.4, 0.5) is 14.0 Å². The molecule has 4 atom stereocenters. The van der Waals surface area contributed by atoms with E-state index in [0.29, 0.717) is 56.4 Å². The minimum Gasteiger partial charge on any atom is -0.444 e. The molecule has 1 aliphatic carbocycles. The van der Waals surface area contributed by atoms with Crippen molar-refractivity contribution in [2.45, 2.75) is 78.1 Å². The van der Waals surface area contributed by atoms with E-state index in [1.165, 1.54) is 12.2 Å². The van der Waals surface area contributed by atoms with Crippen molar-refractivity contribution in [3.05, 3.63) is 47.8 Å². The van der Waals surface area contributed by atoms with Gasteiger partial charge in [0.15, 0.2) is 0 Å². The molecule has 228 valence electrons. The van der Waals surface area contributed by atoms with Crippen LogP contribution in [0.15, 0.2) is 47.8 Å². The Kier molecular flexibility index (Phi) is 11.5. The van der Waals surface area contributed by atoms with Crippen LogP contribution in [0.5, 0.6) is 0 Å². The molecule has 8 nitrogen and oxygen atoms in total. The predicted molar refractivity (Wildman–Crippen MR) is 158 cm³/mol. The van der Waals surface area contributed by atoms with Gasteiger partial charge in [-0.1, -0.05) is 31.2 Å². The summed E-state index contributed by atoms with van der Waals surface area (Å²) in [7, 11) is 0. The van der Waals surface area contributed by atoms with E-state index >= 15 is 0 Å². The van der Waals surface area contributed by atoms with Crippen molar-refractivity contribution in [3.63, 3.8) is 0 Å². The molecule has 0 saturated carbocycles. The lowest BCUT2D eigenvalue weighted by Gasteiger charge is -2.34. The number of carbonyl (C=O) groups is 3. The molecule has 2 fully saturated rings. The van der Waals surface area contributed by atoms with E-state index in [4.69, 9.17) is 21.1 Å². The molecule has 3 amide bonds. The Balaban J connectivity index is 1.74. The van der Waals surface area contributed by atoms with Gasteiger partial charge in [0, 0.05) is 56.0 Å². The summed E-state index contributed by atoms with van der Waals surface area (Å²) in [6.45, 7) is 15.4. The molecule has 2 aliphatic heterocycles. The number of hydrogen-bond acceptors (Lipinski definition) is 5. The number of piperidine rings is 1. The van der Waals surface area contributed by atoms with E-state index in [1.807, 2.05) is 38.7 Å². The number of alkyl halides is 1. The van der Waals surface area contributed by atoms with E-state index in [9.17, 15) is 18.8 Å². The topological polar surface area (TPSA) is 79.4 Å². The molecule has 2 heterocycles. The van der Waals surface area contributed by atoms with Crippen LogP contribution in [0.1, 0.15) is 60.3 Å². The van der Waals surface area contributed by atoms with Gasteiger partial charge in [0.1, 0.15) is 17.5 Å². The van der Waals surface area contributed by atoms with E-state index in [0.717, 1.165) is 6.42 Å². The van der Waals surface area contributed by atoms with Gasteiger partial charge in [-0.15, -0.1) is 0 Å². The molecule has 0 radical (unpaired) electrons. The van der Waals surface area contributed by atoms with Gasteiger partial charge in [-0.25, -0.2) is 14.0 Å². The van der Waals surface area contributed by atoms with Gasteiger partial charge >= 0.3 is 12.2 Å². The molecule has 41 heavy (non-hydrogen) atoms. The van der Waals surface area contributed by atoms with Gasteiger partial charge in [-0.05, 0) is 77.2 Å². The van der Waals surface area contributed by atoms with Crippen molar-refractivity contribution in [2.75, 3.05) is 32.7 Å². The van der Waals surface area contributed by atoms with Crippen LogP contribution in [0.25, 0.3) is 0 Å². The Hall–Kier alpha value is -2.81. The Morgan fingerprint density at radius 1 is 1.20 bits per heavy atom. The zero-order valence-electron chi connectivity index (χ0n) is 25.0. The van der Waals surface area contributed by atoms with E-state index in [-0.39, 0.29) is 42.2 Å². The fourth-order valence-electron chi connectivity index (χ4n) is 5.75. The van der Waals surface area contributed by atoms with Crippen LogP contribution in [0.2, 0.25) is 0 Å². The lowest BCUT2D eigenvalue weighted by molar-refractivity contribution is -0.136. The Morgan fingerprint density at radius 2 is 1.88 bits per heavy atom. The molecule has 0 aromatic rings. The van der Waals surface area contributed by atoms with Crippen LogP contribution >= 0.6 is 11.6 Å². The normalized spacial score (nSPS) is 24.3. The fourth-order valence-corrected chi connectivity index (χ4v) is 5.83. The highest BCUT2D eigenvalue weighted by atomic mass is 35.5. The molecule has 0 aromatic carbocycles. The van der Waals surface area contributed by atoms with Crippen LogP contribution in [-0.2, 0) is 14.3 Å². The second kappa shape index (κ2) is 14.4. The van der Waals surface area contributed by atoms with Crippen LogP contribution in [0, 0.1) is 17.8 Å². The number of likely N-dealkylation sites (tertiary alicyclic amines) is 2. The molecule has 0 bridgehead atoms. The summed E-state index contributed by atoms with van der Waals surface area (Å²) < 4.78 is 24.6. The van der Waals surface area contributed by atoms with Gasteiger partial charge < -0.3 is 24.2 Å². The summed E-state index contributed by atoms with van der Waals surface area (Å²) in [5.41, 5.74) is -0.574. The largest absolute Gasteiger partial charge is 0.444 e. The van der Waals surface area contributed by atoms with Crippen LogP contribution in [-0.4, -0.2) is 83.3 Å². The van der Waals surface area contributed by atoms with Gasteiger partial charge in [-0.2, -0.15) is 0 Å². The Bertz CT molecular complexity index is 1060. The number of likely N-dealkylation sites (N-methyl/N-ethyl adjacent to an activating group) is 1. The standard InChI is InChI=1S/C31H45ClFN3O5/c1-7-22(10-9-21(3)32)26-19-35(28(37)23-15-17-34(18-16-23)29(38)41-31(4,5)6)20-27(26)36(8-2)30(39)40-25-13-11-24(33)12-14-25/h9-11,13-14,22-24,26-27H,3,7-8,12,15-20H2,1-2,4-6H3/b10-9-/t22-,24-,26+,27-/m1/s1. The number of amides is 3. The predicted octanol–water partition coefficient (Wildman–Crippen LogP) is 6.44.